The molecule has 21 heavy (non-hydrogen) atoms. The minimum Gasteiger partial charge on any atom is -0.493 e. The minimum atomic E-state index is -0.659. The van der Waals surface area contributed by atoms with E-state index in [9.17, 15) is 4.79 Å². The highest BCUT2D eigenvalue weighted by Crippen LogP contribution is 2.26. The van der Waals surface area contributed by atoms with Crippen LogP contribution in [0.5, 0.6) is 5.75 Å². The number of aliphatic carboxylic acids is 1. The topological polar surface area (TPSA) is 49.8 Å². The molecule has 3 rings (SSSR count). The van der Waals surface area contributed by atoms with Gasteiger partial charge in [-0.05, 0) is 55.5 Å². The molecule has 0 bridgehead atoms. The number of carbonyl (C=O) groups is 1. The molecular weight excluding hydrogens is 266 g/mol. The number of hydrogen-bond acceptors (Lipinski definition) is 3. The fraction of sp³-hybridized carbons (Fsp3) is 0.588. The number of likely N-dealkylation sites (tertiary alicyclic amines) is 1. The number of fused-ring (bicyclic) bond motifs is 1. The monoisotopic (exact) mass is 289 g/mol. The second-order valence-electron chi connectivity index (χ2n) is 6.17. The second-order valence-corrected chi connectivity index (χ2v) is 6.17. The Bertz CT molecular complexity index is 507. The van der Waals surface area contributed by atoms with E-state index >= 15 is 0 Å². The average Bonchev–Trinajstić information content (AvgIpc) is 2.93. The molecule has 2 aliphatic heterocycles. The standard InChI is InChI=1S/C17H23NO3/c19-17(20)12-14-4-8-18(9-5-14)7-3-13-1-2-16-15(11-13)6-10-21-16/h1-2,11,14H,3-10,12H2,(H,19,20). The summed E-state index contributed by atoms with van der Waals surface area (Å²) in [7, 11) is 0. The van der Waals surface area contributed by atoms with Crippen molar-refractivity contribution in [2.75, 3.05) is 26.2 Å². The van der Waals surface area contributed by atoms with Crippen LogP contribution in [0.15, 0.2) is 18.2 Å². The van der Waals surface area contributed by atoms with Crippen molar-refractivity contribution in [3.05, 3.63) is 29.3 Å². The molecule has 2 aliphatic rings. The van der Waals surface area contributed by atoms with Crippen molar-refractivity contribution in [3.63, 3.8) is 0 Å². The number of carboxylic acid groups (broad SMARTS) is 1. The maximum Gasteiger partial charge on any atom is 0.303 e. The number of benzene rings is 1. The molecule has 1 fully saturated rings. The largest absolute Gasteiger partial charge is 0.493 e. The van der Waals surface area contributed by atoms with Crippen molar-refractivity contribution < 1.29 is 14.6 Å². The molecule has 0 unspecified atom stereocenters. The third kappa shape index (κ3) is 3.76. The zero-order valence-corrected chi connectivity index (χ0v) is 12.4. The van der Waals surface area contributed by atoms with Crippen molar-refractivity contribution in [1.29, 1.82) is 0 Å². The molecule has 0 aliphatic carbocycles. The lowest BCUT2D eigenvalue weighted by molar-refractivity contribution is -0.138. The summed E-state index contributed by atoms with van der Waals surface area (Å²) in [5.41, 5.74) is 2.72. The molecule has 0 radical (unpaired) electrons. The van der Waals surface area contributed by atoms with Crippen molar-refractivity contribution in [2.24, 2.45) is 5.92 Å². The van der Waals surface area contributed by atoms with Crippen LogP contribution in [0.3, 0.4) is 0 Å². The third-order valence-electron chi connectivity index (χ3n) is 4.64. The van der Waals surface area contributed by atoms with E-state index in [2.05, 4.69) is 23.1 Å². The van der Waals surface area contributed by atoms with Gasteiger partial charge in [0.2, 0.25) is 0 Å². The Morgan fingerprint density at radius 1 is 1.33 bits per heavy atom. The second kappa shape index (κ2) is 6.48. The summed E-state index contributed by atoms with van der Waals surface area (Å²) in [6.07, 6.45) is 4.47. The number of piperidine rings is 1. The highest BCUT2D eigenvalue weighted by atomic mass is 16.5. The SMILES string of the molecule is O=C(O)CC1CCN(CCc2ccc3c(c2)CCO3)CC1. The maximum atomic E-state index is 10.7. The summed E-state index contributed by atoms with van der Waals surface area (Å²) >= 11 is 0. The molecule has 4 nitrogen and oxygen atoms in total. The van der Waals surface area contributed by atoms with Crippen LogP contribution in [0.1, 0.15) is 30.4 Å². The van der Waals surface area contributed by atoms with Gasteiger partial charge in [0.25, 0.3) is 0 Å². The zero-order chi connectivity index (χ0) is 14.7. The quantitative estimate of drug-likeness (QED) is 0.904. The Labute approximate surface area is 125 Å². The van der Waals surface area contributed by atoms with Crippen molar-refractivity contribution in [1.82, 2.24) is 4.90 Å². The van der Waals surface area contributed by atoms with E-state index in [-0.39, 0.29) is 0 Å². The van der Waals surface area contributed by atoms with Crippen LogP contribution < -0.4 is 4.74 Å². The first-order valence-corrected chi connectivity index (χ1v) is 7.89. The Kier molecular flexibility index (Phi) is 4.44. The van der Waals surface area contributed by atoms with Crippen LogP contribution in [-0.2, 0) is 17.6 Å². The van der Waals surface area contributed by atoms with Gasteiger partial charge in [-0.15, -0.1) is 0 Å². The molecule has 0 amide bonds. The predicted molar refractivity (Wildman–Crippen MR) is 80.8 cm³/mol. The van der Waals surface area contributed by atoms with Crippen LogP contribution in [0.2, 0.25) is 0 Å². The molecule has 0 spiro atoms. The number of rotatable bonds is 5. The van der Waals surface area contributed by atoms with Crippen molar-refractivity contribution in [2.45, 2.75) is 32.1 Å². The zero-order valence-electron chi connectivity index (χ0n) is 12.4. The normalized spacial score (nSPS) is 19.2. The van der Waals surface area contributed by atoms with E-state index in [0.29, 0.717) is 12.3 Å². The number of carboxylic acids is 1. The molecule has 114 valence electrons. The maximum absolute atomic E-state index is 10.7. The Morgan fingerprint density at radius 3 is 2.90 bits per heavy atom. The molecule has 0 atom stereocenters. The van der Waals surface area contributed by atoms with Gasteiger partial charge in [0, 0.05) is 19.4 Å². The Morgan fingerprint density at radius 2 is 2.14 bits per heavy atom. The lowest BCUT2D eigenvalue weighted by Crippen LogP contribution is -2.35. The number of nitrogens with zero attached hydrogens (tertiary/aromatic N) is 1. The van der Waals surface area contributed by atoms with Crippen molar-refractivity contribution >= 4 is 5.97 Å². The summed E-state index contributed by atoms with van der Waals surface area (Å²) in [5, 5.41) is 8.84. The van der Waals surface area contributed by atoms with Gasteiger partial charge in [0.1, 0.15) is 5.75 Å². The Hall–Kier alpha value is -1.55. The van der Waals surface area contributed by atoms with Crippen molar-refractivity contribution in [3.8, 4) is 5.75 Å². The smallest absolute Gasteiger partial charge is 0.303 e. The summed E-state index contributed by atoms with van der Waals surface area (Å²) in [6.45, 7) is 3.95. The van der Waals surface area contributed by atoms with E-state index < -0.39 is 5.97 Å². The van der Waals surface area contributed by atoms with Gasteiger partial charge in [-0.2, -0.15) is 0 Å². The Balaban J connectivity index is 1.45. The number of ether oxygens (including phenoxy) is 1. The summed E-state index contributed by atoms with van der Waals surface area (Å²) in [6, 6.07) is 6.54. The predicted octanol–water partition coefficient (Wildman–Crippen LogP) is 2.35. The molecule has 1 saturated heterocycles. The first-order valence-electron chi connectivity index (χ1n) is 7.89. The highest BCUT2D eigenvalue weighted by Gasteiger charge is 2.21. The van der Waals surface area contributed by atoms with Gasteiger partial charge in [-0.25, -0.2) is 0 Å². The van der Waals surface area contributed by atoms with Crippen LogP contribution in [0, 0.1) is 5.92 Å². The lowest BCUT2D eigenvalue weighted by Gasteiger charge is -2.31. The van der Waals surface area contributed by atoms with Crippen LogP contribution >= 0.6 is 0 Å². The first kappa shape index (κ1) is 14.4. The molecular formula is C17H23NO3. The molecule has 0 saturated carbocycles. The van der Waals surface area contributed by atoms with Gasteiger partial charge in [-0.3, -0.25) is 4.79 Å². The molecule has 1 aromatic carbocycles. The van der Waals surface area contributed by atoms with E-state index in [1.165, 1.54) is 11.1 Å². The summed E-state index contributed by atoms with van der Waals surface area (Å²) < 4.78 is 5.53. The highest BCUT2D eigenvalue weighted by molar-refractivity contribution is 5.67. The van der Waals surface area contributed by atoms with E-state index in [1.807, 2.05) is 0 Å². The fourth-order valence-electron chi connectivity index (χ4n) is 3.34. The minimum absolute atomic E-state index is 0.332. The third-order valence-corrected chi connectivity index (χ3v) is 4.64. The van der Waals surface area contributed by atoms with Crippen LogP contribution in [0.4, 0.5) is 0 Å². The summed E-state index contributed by atoms with van der Waals surface area (Å²) in [5.74, 6) is 0.762. The molecule has 2 heterocycles. The molecule has 1 aromatic rings. The summed E-state index contributed by atoms with van der Waals surface area (Å²) in [4.78, 5) is 13.2. The van der Waals surface area contributed by atoms with Gasteiger partial charge >= 0.3 is 5.97 Å². The average molecular weight is 289 g/mol. The first-order chi connectivity index (χ1) is 10.2. The molecule has 1 N–H and O–H groups in total. The number of hydrogen-bond donors (Lipinski definition) is 1. The molecule has 4 heteroatoms. The fourth-order valence-corrected chi connectivity index (χ4v) is 3.34. The van der Waals surface area contributed by atoms with E-state index in [1.54, 1.807) is 0 Å². The van der Waals surface area contributed by atoms with E-state index in [4.69, 9.17) is 9.84 Å². The van der Waals surface area contributed by atoms with Gasteiger partial charge in [0.05, 0.1) is 6.61 Å². The lowest BCUT2D eigenvalue weighted by atomic mass is 9.93. The molecule has 0 aromatic heterocycles. The van der Waals surface area contributed by atoms with Gasteiger partial charge < -0.3 is 14.7 Å². The van der Waals surface area contributed by atoms with E-state index in [0.717, 1.165) is 57.7 Å². The van der Waals surface area contributed by atoms with Gasteiger partial charge in [0.15, 0.2) is 0 Å². The van der Waals surface area contributed by atoms with Crippen LogP contribution in [0.25, 0.3) is 0 Å². The van der Waals surface area contributed by atoms with Gasteiger partial charge in [-0.1, -0.05) is 12.1 Å². The van der Waals surface area contributed by atoms with Crippen LogP contribution in [-0.4, -0.2) is 42.2 Å².